The lowest BCUT2D eigenvalue weighted by atomic mass is 10.1. The van der Waals surface area contributed by atoms with Crippen molar-refractivity contribution in [2.45, 2.75) is 23.8 Å². The second kappa shape index (κ2) is 5.27. The molecule has 0 bridgehead atoms. The maximum absolute atomic E-state index is 5.67. The highest BCUT2D eigenvalue weighted by Gasteiger charge is 2.04. The molecule has 3 N–H and O–H groups in total. The van der Waals surface area contributed by atoms with Crippen LogP contribution in [-0.4, -0.2) is 17.0 Å². The summed E-state index contributed by atoms with van der Waals surface area (Å²) in [5.74, 6) is 1.02. The minimum absolute atomic E-state index is 0.285. The molecular weight excluding hydrogens is 244 g/mol. The predicted octanol–water partition coefficient (Wildman–Crippen LogP) is 2.87. The molecular formula is C13H16N4S. The molecule has 2 rings (SSSR count). The molecule has 5 heteroatoms. The first kappa shape index (κ1) is 12.7. The predicted molar refractivity (Wildman–Crippen MR) is 76.0 cm³/mol. The number of nitrogens with one attached hydrogen (secondary N) is 1. The Hall–Kier alpha value is -1.75. The Bertz CT molecular complexity index is 569. The van der Waals surface area contributed by atoms with Crippen LogP contribution in [0, 0.1) is 13.8 Å². The van der Waals surface area contributed by atoms with E-state index in [2.05, 4.69) is 47.3 Å². The summed E-state index contributed by atoms with van der Waals surface area (Å²) in [6, 6.07) is 8.24. The Labute approximate surface area is 111 Å². The van der Waals surface area contributed by atoms with Crippen LogP contribution in [0.2, 0.25) is 0 Å². The quantitative estimate of drug-likeness (QED) is 0.831. The van der Waals surface area contributed by atoms with E-state index in [1.54, 1.807) is 11.8 Å². The average molecular weight is 260 g/mol. The monoisotopic (exact) mass is 260 g/mol. The van der Waals surface area contributed by atoms with Gasteiger partial charge < -0.3 is 11.1 Å². The first-order valence-electron chi connectivity index (χ1n) is 5.66. The average Bonchev–Trinajstić information content (AvgIpc) is 2.33. The fraction of sp³-hybridized carbons (Fsp3) is 0.231. The van der Waals surface area contributed by atoms with Crippen LogP contribution in [0.25, 0.3) is 0 Å². The molecule has 0 saturated carbocycles. The van der Waals surface area contributed by atoms with Crippen molar-refractivity contribution < 1.29 is 0 Å². The number of rotatable bonds is 3. The number of hydrogen-bond acceptors (Lipinski definition) is 5. The number of nitrogens with zero attached hydrogens (tertiary/aromatic N) is 2. The van der Waals surface area contributed by atoms with Crippen LogP contribution < -0.4 is 11.1 Å². The zero-order valence-corrected chi connectivity index (χ0v) is 11.5. The van der Waals surface area contributed by atoms with Gasteiger partial charge in [0, 0.05) is 18.0 Å². The molecule has 18 heavy (non-hydrogen) atoms. The zero-order valence-electron chi connectivity index (χ0n) is 10.7. The molecule has 0 spiro atoms. The number of hydrogen-bond donors (Lipinski definition) is 2. The molecule has 0 radical (unpaired) electrons. The van der Waals surface area contributed by atoms with Gasteiger partial charge >= 0.3 is 0 Å². The van der Waals surface area contributed by atoms with E-state index in [1.807, 2.05) is 13.1 Å². The van der Waals surface area contributed by atoms with Crippen molar-refractivity contribution in [1.82, 2.24) is 9.97 Å². The molecule has 0 amide bonds. The van der Waals surface area contributed by atoms with Crippen molar-refractivity contribution in [3.8, 4) is 0 Å². The maximum Gasteiger partial charge on any atom is 0.223 e. The second-order valence-corrected chi connectivity index (χ2v) is 5.14. The van der Waals surface area contributed by atoms with E-state index < -0.39 is 0 Å². The second-order valence-electron chi connectivity index (χ2n) is 4.05. The summed E-state index contributed by atoms with van der Waals surface area (Å²) in [7, 11) is 1.81. The number of nitrogen functional groups attached to an aromatic ring is 1. The third kappa shape index (κ3) is 2.92. The standard InChI is InChI=1S/C13H16N4S/c1-8-4-5-10(6-9(8)2)18-12-7-11(15-3)16-13(14)17-12/h4-7H,1-3H3,(H3,14,15,16,17). The van der Waals surface area contributed by atoms with E-state index in [1.165, 1.54) is 11.1 Å². The summed E-state index contributed by atoms with van der Waals surface area (Å²) in [5.41, 5.74) is 8.23. The lowest BCUT2D eigenvalue weighted by Crippen LogP contribution is -2.00. The Kier molecular flexibility index (Phi) is 3.72. The molecule has 0 fully saturated rings. The van der Waals surface area contributed by atoms with Gasteiger partial charge in [0.15, 0.2) is 0 Å². The van der Waals surface area contributed by atoms with Crippen molar-refractivity contribution in [3.05, 3.63) is 35.4 Å². The third-order valence-electron chi connectivity index (χ3n) is 2.68. The smallest absolute Gasteiger partial charge is 0.223 e. The largest absolute Gasteiger partial charge is 0.373 e. The van der Waals surface area contributed by atoms with Crippen LogP contribution in [0.5, 0.6) is 0 Å². The van der Waals surface area contributed by atoms with Crippen LogP contribution in [0.4, 0.5) is 11.8 Å². The van der Waals surface area contributed by atoms with E-state index in [-0.39, 0.29) is 5.95 Å². The van der Waals surface area contributed by atoms with Gasteiger partial charge in [-0.15, -0.1) is 0 Å². The first-order chi connectivity index (χ1) is 8.58. The SMILES string of the molecule is CNc1cc(Sc2ccc(C)c(C)c2)nc(N)n1. The summed E-state index contributed by atoms with van der Waals surface area (Å²) in [6.07, 6.45) is 0. The van der Waals surface area contributed by atoms with Gasteiger partial charge in [0.05, 0.1) is 0 Å². The summed E-state index contributed by atoms with van der Waals surface area (Å²) < 4.78 is 0. The molecule has 0 aliphatic heterocycles. The maximum atomic E-state index is 5.67. The molecule has 0 aliphatic carbocycles. The summed E-state index contributed by atoms with van der Waals surface area (Å²) in [6.45, 7) is 4.21. The van der Waals surface area contributed by atoms with Gasteiger partial charge in [-0.3, -0.25) is 0 Å². The number of benzene rings is 1. The fourth-order valence-corrected chi connectivity index (χ4v) is 2.44. The number of aryl methyl sites for hydroxylation is 2. The highest BCUT2D eigenvalue weighted by atomic mass is 32.2. The Morgan fingerprint density at radius 3 is 2.56 bits per heavy atom. The molecule has 0 aliphatic rings. The summed E-state index contributed by atoms with van der Waals surface area (Å²) >= 11 is 1.58. The van der Waals surface area contributed by atoms with Crippen molar-refractivity contribution in [1.29, 1.82) is 0 Å². The van der Waals surface area contributed by atoms with Crippen molar-refractivity contribution in [2.24, 2.45) is 0 Å². The van der Waals surface area contributed by atoms with E-state index in [0.717, 1.165) is 15.7 Å². The molecule has 4 nitrogen and oxygen atoms in total. The molecule has 0 atom stereocenters. The van der Waals surface area contributed by atoms with Gasteiger partial charge in [-0.05, 0) is 37.1 Å². The van der Waals surface area contributed by atoms with Crippen LogP contribution in [-0.2, 0) is 0 Å². The van der Waals surface area contributed by atoms with E-state index >= 15 is 0 Å². The van der Waals surface area contributed by atoms with Crippen molar-refractivity contribution in [2.75, 3.05) is 18.1 Å². The van der Waals surface area contributed by atoms with Gasteiger partial charge in [-0.2, -0.15) is 4.98 Å². The highest BCUT2D eigenvalue weighted by molar-refractivity contribution is 7.99. The van der Waals surface area contributed by atoms with E-state index in [0.29, 0.717) is 0 Å². The third-order valence-corrected chi connectivity index (χ3v) is 3.58. The molecule has 1 aromatic carbocycles. The first-order valence-corrected chi connectivity index (χ1v) is 6.47. The molecule has 1 heterocycles. The van der Waals surface area contributed by atoms with Crippen LogP contribution in [0.3, 0.4) is 0 Å². The van der Waals surface area contributed by atoms with Gasteiger partial charge in [0.1, 0.15) is 10.8 Å². The Morgan fingerprint density at radius 2 is 1.89 bits per heavy atom. The minimum Gasteiger partial charge on any atom is -0.373 e. The lowest BCUT2D eigenvalue weighted by molar-refractivity contribution is 1.06. The number of nitrogens with two attached hydrogens (primary N) is 1. The lowest BCUT2D eigenvalue weighted by Gasteiger charge is -2.06. The molecule has 94 valence electrons. The van der Waals surface area contributed by atoms with Crippen LogP contribution in [0.1, 0.15) is 11.1 Å². The number of aromatic nitrogens is 2. The van der Waals surface area contributed by atoms with Gasteiger partial charge in [-0.25, -0.2) is 4.98 Å². The summed E-state index contributed by atoms with van der Waals surface area (Å²) in [4.78, 5) is 9.44. The van der Waals surface area contributed by atoms with Gasteiger partial charge in [0.25, 0.3) is 0 Å². The van der Waals surface area contributed by atoms with Crippen molar-refractivity contribution >= 4 is 23.5 Å². The topological polar surface area (TPSA) is 63.8 Å². The zero-order chi connectivity index (χ0) is 13.1. The van der Waals surface area contributed by atoms with E-state index in [9.17, 15) is 0 Å². The van der Waals surface area contributed by atoms with Gasteiger partial charge in [-0.1, -0.05) is 17.8 Å². The number of anilines is 2. The van der Waals surface area contributed by atoms with E-state index in [4.69, 9.17) is 5.73 Å². The molecule has 0 unspecified atom stereocenters. The minimum atomic E-state index is 0.285. The van der Waals surface area contributed by atoms with Gasteiger partial charge in [0.2, 0.25) is 5.95 Å². The van der Waals surface area contributed by atoms with Crippen LogP contribution >= 0.6 is 11.8 Å². The van der Waals surface area contributed by atoms with Crippen molar-refractivity contribution in [3.63, 3.8) is 0 Å². The fourth-order valence-electron chi connectivity index (χ4n) is 1.52. The Balaban J connectivity index is 2.27. The molecule has 0 saturated heterocycles. The Morgan fingerprint density at radius 1 is 1.11 bits per heavy atom. The normalized spacial score (nSPS) is 10.4. The van der Waals surface area contributed by atoms with Crippen LogP contribution in [0.15, 0.2) is 34.2 Å². The highest BCUT2D eigenvalue weighted by Crippen LogP contribution is 2.29. The molecule has 1 aromatic heterocycles. The molecule has 2 aromatic rings. The summed E-state index contributed by atoms with van der Waals surface area (Å²) in [5, 5.41) is 3.81.